The molecule has 0 amide bonds. The fourth-order valence-electron chi connectivity index (χ4n) is 1.86. The molecule has 0 atom stereocenters. The number of hydrogen-bond donors (Lipinski definition) is 1. The maximum Gasteiger partial charge on any atom is 0.336 e. The highest BCUT2D eigenvalue weighted by Crippen LogP contribution is 2.19. The van der Waals surface area contributed by atoms with Gasteiger partial charge in [0.15, 0.2) is 0 Å². The summed E-state index contributed by atoms with van der Waals surface area (Å²) in [6.45, 7) is 3.97. The fourth-order valence-corrected chi connectivity index (χ4v) is 1.86. The SMILES string of the molecule is Cc1cccnc1OCc1c(C)cccc1C(=O)O. The van der Waals surface area contributed by atoms with Gasteiger partial charge in [-0.2, -0.15) is 0 Å². The number of carboxylic acids is 1. The number of aromatic nitrogens is 1. The van der Waals surface area contributed by atoms with Gasteiger partial charge in [-0.1, -0.05) is 18.2 Å². The Morgan fingerprint density at radius 1 is 1.21 bits per heavy atom. The van der Waals surface area contributed by atoms with Crippen LogP contribution in [0.4, 0.5) is 0 Å². The smallest absolute Gasteiger partial charge is 0.336 e. The van der Waals surface area contributed by atoms with Crippen molar-refractivity contribution in [2.75, 3.05) is 0 Å². The van der Waals surface area contributed by atoms with Crippen molar-refractivity contribution in [1.82, 2.24) is 4.98 Å². The van der Waals surface area contributed by atoms with Crippen LogP contribution in [0.25, 0.3) is 0 Å². The van der Waals surface area contributed by atoms with Crippen molar-refractivity contribution in [1.29, 1.82) is 0 Å². The Hall–Kier alpha value is -2.36. The molecule has 4 nitrogen and oxygen atoms in total. The summed E-state index contributed by atoms with van der Waals surface area (Å²) in [5.41, 5.74) is 2.77. The number of carboxylic acid groups (broad SMARTS) is 1. The van der Waals surface area contributed by atoms with Crippen LogP contribution in [0, 0.1) is 13.8 Å². The Morgan fingerprint density at radius 3 is 2.63 bits per heavy atom. The van der Waals surface area contributed by atoms with E-state index < -0.39 is 5.97 Å². The largest absolute Gasteiger partial charge is 0.478 e. The molecule has 0 saturated heterocycles. The predicted molar refractivity (Wildman–Crippen MR) is 71.4 cm³/mol. The van der Waals surface area contributed by atoms with E-state index >= 15 is 0 Å². The lowest BCUT2D eigenvalue weighted by molar-refractivity contribution is 0.0693. The number of nitrogens with zero attached hydrogens (tertiary/aromatic N) is 1. The first-order valence-electron chi connectivity index (χ1n) is 5.96. The van der Waals surface area contributed by atoms with Crippen LogP contribution < -0.4 is 4.74 Å². The second kappa shape index (κ2) is 5.52. The molecule has 0 spiro atoms. The molecule has 19 heavy (non-hydrogen) atoms. The summed E-state index contributed by atoms with van der Waals surface area (Å²) in [7, 11) is 0. The Kier molecular flexibility index (Phi) is 3.80. The molecule has 0 aliphatic heterocycles. The zero-order valence-electron chi connectivity index (χ0n) is 10.9. The maximum atomic E-state index is 11.2. The third-order valence-corrected chi connectivity index (χ3v) is 2.96. The van der Waals surface area contributed by atoms with Gasteiger partial charge in [0.05, 0.1) is 5.56 Å². The van der Waals surface area contributed by atoms with Gasteiger partial charge < -0.3 is 9.84 Å². The van der Waals surface area contributed by atoms with E-state index in [0.29, 0.717) is 11.4 Å². The maximum absolute atomic E-state index is 11.2. The van der Waals surface area contributed by atoms with Crippen LogP contribution in [-0.4, -0.2) is 16.1 Å². The zero-order chi connectivity index (χ0) is 13.8. The van der Waals surface area contributed by atoms with Crippen molar-refractivity contribution in [2.24, 2.45) is 0 Å². The number of pyridine rings is 1. The normalized spacial score (nSPS) is 10.2. The Balaban J connectivity index is 2.25. The topological polar surface area (TPSA) is 59.4 Å². The predicted octanol–water partition coefficient (Wildman–Crippen LogP) is 2.98. The minimum atomic E-state index is -0.944. The van der Waals surface area contributed by atoms with E-state index in [4.69, 9.17) is 4.74 Å². The molecule has 0 unspecified atom stereocenters. The minimum Gasteiger partial charge on any atom is -0.478 e. The minimum absolute atomic E-state index is 0.201. The molecule has 98 valence electrons. The lowest BCUT2D eigenvalue weighted by atomic mass is 10.0. The first-order chi connectivity index (χ1) is 9.09. The Labute approximate surface area is 111 Å². The number of benzene rings is 1. The third kappa shape index (κ3) is 2.91. The Bertz CT molecular complexity index is 608. The van der Waals surface area contributed by atoms with Crippen LogP contribution in [0.1, 0.15) is 27.0 Å². The van der Waals surface area contributed by atoms with Gasteiger partial charge >= 0.3 is 5.97 Å². The van der Waals surface area contributed by atoms with Crippen LogP contribution in [0.3, 0.4) is 0 Å². The van der Waals surface area contributed by atoms with Gasteiger partial charge in [-0.3, -0.25) is 0 Å². The quantitative estimate of drug-likeness (QED) is 0.914. The van der Waals surface area contributed by atoms with Crippen LogP contribution >= 0.6 is 0 Å². The first-order valence-corrected chi connectivity index (χ1v) is 5.96. The highest BCUT2D eigenvalue weighted by molar-refractivity contribution is 5.89. The van der Waals surface area contributed by atoms with Crippen molar-refractivity contribution in [2.45, 2.75) is 20.5 Å². The molecule has 1 aromatic heterocycles. The van der Waals surface area contributed by atoms with E-state index in [1.807, 2.05) is 32.0 Å². The van der Waals surface area contributed by atoms with Crippen molar-refractivity contribution in [3.05, 3.63) is 58.8 Å². The van der Waals surface area contributed by atoms with E-state index in [1.54, 1.807) is 18.3 Å². The van der Waals surface area contributed by atoms with Gasteiger partial charge in [0, 0.05) is 17.3 Å². The molecule has 0 aliphatic carbocycles. The fraction of sp³-hybridized carbons (Fsp3) is 0.200. The number of aryl methyl sites for hydroxylation is 2. The molecular weight excluding hydrogens is 242 g/mol. The van der Waals surface area contributed by atoms with Crippen molar-refractivity contribution >= 4 is 5.97 Å². The molecule has 1 N–H and O–H groups in total. The summed E-state index contributed by atoms with van der Waals surface area (Å²) < 4.78 is 5.62. The van der Waals surface area contributed by atoms with Crippen LogP contribution in [0.5, 0.6) is 5.88 Å². The van der Waals surface area contributed by atoms with E-state index in [1.165, 1.54) is 0 Å². The molecule has 0 aliphatic rings. The average molecular weight is 257 g/mol. The van der Waals surface area contributed by atoms with E-state index in [9.17, 15) is 9.90 Å². The van der Waals surface area contributed by atoms with Crippen molar-refractivity contribution < 1.29 is 14.6 Å². The molecule has 2 aromatic rings. The molecule has 0 bridgehead atoms. The summed E-state index contributed by atoms with van der Waals surface area (Å²) in [5, 5.41) is 9.17. The average Bonchev–Trinajstić information content (AvgIpc) is 2.38. The number of rotatable bonds is 4. The molecule has 2 rings (SSSR count). The number of ether oxygens (including phenoxy) is 1. The number of aromatic carboxylic acids is 1. The highest BCUT2D eigenvalue weighted by Gasteiger charge is 2.13. The molecular formula is C15H15NO3. The standard InChI is InChI=1S/C15H15NO3/c1-10-5-3-7-12(15(17)18)13(10)9-19-14-11(2)6-4-8-16-14/h3-8H,9H2,1-2H3,(H,17,18). The summed E-state index contributed by atoms with van der Waals surface area (Å²) >= 11 is 0. The number of hydrogen-bond acceptors (Lipinski definition) is 3. The monoisotopic (exact) mass is 257 g/mol. The van der Waals surface area contributed by atoms with E-state index in [2.05, 4.69) is 4.98 Å². The first kappa shape index (κ1) is 13.1. The summed E-state index contributed by atoms with van der Waals surface area (Å²) in [6.07, 6.45) is 1.65. The van der Waals surface area contributed by atoms with Crippen molar-refractivity contribution in [3.63, 3.8) is 0 Å². The van der Waals surface area contributed by atoms with Crippen LogP contribution in [0.15, 0.2) is 36.5 Å². The summed E-state index contributed by atoms with van der Waals surface area (Å²) in [4.78, 5) is 15.3. The van der Waals surface area contributed by atoms with Gasteiger partial charge in [-0.25, -0.2) is 9.78 Å². The van der Waals surface area contributed by atoms with E-state index in [-0.39, 0.29) is 12.2 Å². The van der Waals surface area contributed by atoms with Crippen LogP contribution in [0.2, 0.25) is 0 Å². The lowest BCUT2D eigenvalue weighted by Gasteiger charge is -2.12. The molecule has 0 radical (unpaired) electrons. The zero-order valence-corrected chi connectivity index (χ0v) is 10.9. The van der Waals surface area contributed by atoms with Gasteiger partial charge in [0.1, 0.15) is 6.61 Å². The highest BCUT2D eigenvalue weighted by atomic mass is 16.5. The molecule has 4 heteroatoms. The van der Waals surface area contributed by atoms with Gasteiger partial charge in [-0.15, -0.1) is 0 Å². The van der Waals surface area contributed by atoms with Crippen molar-refractivity contribution in [3.8, 4) is 5.88 Å². The van der Waals surface area contributed by atoms with Crippen LogP contribution in [-0.2, 0) is 6.61 Å². The second-order valence-corrected chi connectivity index (χ2v) is 4.32. The van der Waals surface area contributed by atoms with E-state index in [0.717, 1.165) is 11.1 Å². The summed E-state index contributed by atoms with van der Waals surface area (Å²) in [6, 6.07) is 8.92. The lowest BCUT2D eigenvalue weighted by Crippen LogP contribution is -2.08. The van der Waals surface area contributed by atoms with Gasteiger partial charge in [-0.05, 0) is 31.5 Å². The van der Waals surface area contributed by atoms with Gasteiger partial charge in [0.25, 0.3) is 0 Å². The molecule has 0 saturated carbocycles. The summed E-state index contributed by atoms with van der Waals surface area (Å²) in [5.74, 6) is -0.415. The molecule has 1 heterocycles. The number of carbonyl (C=O) groups is 1. The Morgan fingerprint density at radius 2 is 1.95 bits per heavy atom. The van der Waals surface area contributed by atoms with Gasteiger partial charge in [0.2, 0.25) is 5.88 Å². The second-order valence-electron chi connectivity index (χ2n) is 4.32. The third-order valence-electron chi connectivity index (χ3n) is 2.96. The molecule has 0 fully saturated rings. The molecule has 1 aromatic carbocycles.